The van der Waals surface area contributed by atoms with Gasteiger partial charge < -0.3 is 15.4 Å². The molecule has 0 saturated carbocycles. The first-order chi connectivity index (χ1) is 10.5. The molecule has 23 heavy (non-hydrogen) atoms. The monoisotopic (exact) mass is 340 g/mol. The van der Waals surface area contributed by atoms with Crippen molar-refractivity contribution in [1.82, 2.24) is 10.6 Å². The number of carbonyl (C=O) groups is 1. The average molecular weight is 341 g/mol. The van der Waals surface area contributed by atoms with Gasteiger partial charge in [-0.3, -0.25) is 4.79 Å². The molecular weight excluding hydrogens is 312 g/mol. The third kappa shape index (κ3) is 4.93. The van der Waals surface area contributed by atoms with Gasteiger partial charge in [-0.15, -0.1) is 12.4 Å². The minimum absolute atomic E-state index is 0. The van der Waals surface area contributed by atoms with Crippen molar-refractivity contribution in [3.63, 3.8) is 0 Å². The minimum atomic E-state index is 0. The molecule has 130 valence electrons. The fourth-order valence-electron chi connectivity index (χ4n) is 3.53. The number of aryl methyl sites for hydroxylation is 3. The topological polar surface area (TPSA) is 50.4 Å². The van der Waals surface area contributed by atoms with E-state index in [1.807, 2.05) is 13.8 Å². The van der Waals surface area contributed by atoms with Crippen LogP contribution in [-0.4, -0.2) is 39.3 Å². The molecule has 0 atom stereocenters. The zero-order chi connectivity index (χ0) is 16.2. The van der Waals surface area contributed by atoms with Crippen molar-refractivity contribution in [3.8, 4) is 0 Å². The number of rotatable bonds is 5. The van der Waals surface area contributed by atoms with Crippen LogP contribution in [0.1, 0.15) is 39.9 Å². The minimum Gasteiger partial charge on any atom is -0.384 e. The molecule has 5 heteroatoms. The number of hydrogen-bond acceptors (Lipinski definition) is 3. The number of nitrogens with one attached hydrogen (secondary N) is 2. The van der Waals surface area contributed by atoms with Crippen LogP contribution < -0.4 is 10.6 Å². The van der Waals surface area contributed by atoms with Crippen LogP contribution in [-0.2, 0) is 4.74 Å². The zero-order valence-electron chi connectivity index (χ0n) is 14.6. The van der Waals surface area contributed by atoms with Crippen molar-refractivity contribution in [2.45, 2.75) is 33.6 Å². The molecule has 4 nitrogen and oxygen atoms in total. The van der Waals surface area contributed by atoms with Gasteiger partial charge in [-0.2, -0.15) is 0 Å². The number of hydrogen-bond donors (Lipinski definition) is 2. The van der Waals surface area contributed by atoms with E-state index < -0.39 is 0 Å². The Morgan fingerprint density at radius 1 is 1.22 bits per heavy atom. The summed E-state index contributed by atoms with van der Waals surface area (Å²) in [6, 6.07) is 4.13. The van der Waals surface area contributed by atoms with E-state index in [1.165, 1.54) is 5.56 Å². The number of ether oxygens (including phenoxy) is 1. The van der Waals surface area contributed by atoms with Crippen LogP contribution >= 0.6 is 12.4 Å². The number of carbonyl (C=O) groups excluding carboxylic acids is 1. The molecular formula is C18H29ClN2O2. The Labute approximate surface area is 145 Å². The van der Waals surface area contributed by atoms with E-state index in [-0.39, 0.29) is 23.7 Å². The maximum atomic E-state index is 12.6. The molecule has 0 unspecified atom stereocenters. The summed E-state index contributed by atoms with van der Waals surface area (Å²) in [4.78, 5) is 12.6. The highest BCUT2D eigenvalue weighted by atomic mass is 35.5. The van der Waals surface area contributed by atoms with Crippen molar-refractivity contribution in [2.75, 3.05) is 33.4 Å². The predicted octanol–water partition coefficient (Wildman–Crippen LogP) is 2.78. The van der Waals surface area contributed by atoms with Gasteiger partial charge >= 0.3 is 0 Å². The molecule has 1 heterocycles. The first-order valence-electron chi connectivity index (χ1n) is 8.03. The number of halogens is 1. The van der Waals surface area contributed by atoms with Crippen LogP contribution in [0.3, 0.4) is 0 Å². The molecule has 1 amide bonds. The average Bonchev–Trinajstić information content (AvgIpc) is 2.45. The van der Waals surface area contributed by atoms with Gasteiger partial charge in [0.05, 0.1) is 6.61 Å². The Balaban J connectivity index is 0.00000264. The van der Waals surface area contributed by atoms with Crippen molar-refractivity contribution in [2.24, 2.45) is 5.41 Å². The molecule has 0 aromatic heterocycles. The van der Waals surface area contributed by atoms with E-state index in [0.717, 1.165) is 42.6 Å². The maximum absolute atomic E-state index is 12.6. The lowest BCUT2D eigenvalue weighted by Gasteiger charge is -2.37. The Bertz CT molecular complexity index is 511. The van der Waals surface area contributed by atoms with Crippen LogP contribution in [0, 0.1) is 26.2 Å². The van der Waals surface area contributed by atoms with E-state index in [9.17, 15) is 4.79 Å². The fraction of sp³-hybridized carbons (Fsp3) is 0.611. The molecule has 0 radical (unpaired) electrons. The van der Waals surface area contributed by atoms with Gasteiger partial charge in [-0.25, -0.2) is 0 Å². The van der Waals surface area contributed by atoms with Gasteiger partial charge in [-0.05, 0) is 57.8 Å². The first kappa shape index (κ1) is 19.9. The highest BCUT2D eigenvalue weighted by Gasteiger charge is 2.32. The predicted molar refractivity (Wildman–Crippen MR) is 96.6 cm³/mol. The Morgan fingerprint density at radius 2 is 1.78 bits per heavy atom. The Morgan fingerprint density at radius 3 is 2.30 bits per heavy atom. The van der Waals surface area contributed by atoms with Crippen molar-refractivity contribution >= 4 is 18.3 Å². The summed E-state index contributed by atoms with van der Waals surface area (Å²) in [6.07, 6.45) is 2.07. The number of methoxy groups -OCH3 is 1. The summed E-state index contributed by atoms with van der Waals surface area (Å²) in [5, 5.41) is 6.52. The van der Waals surface area contributed by atoms with Crippen molar-refractivity contribution < 1.29 is 9.53 Å². The van der Waals surface area contributed by atoms with E-state index in [2.05, 4.69) is 29.7 Å². The fourth-order valence-corrected chi connectivity index (χ4v) is 3.53. The normalized spacial score (nSPS) is 16.5. The second-order valence-electron chi connectivity index (χ2n) is 6.64. The smallest absolute Gasteiger partial charge is 0.251 e. The summed E-state index contributed by atoms with van der Waals surface area (Å²) in [5.41, 5.74) is 4.15. The third-order valence-corrected chi connectivity index (χ3v) is 4.64. The first-order valence-corrected chi connectivity index (χ1v) is 8.03. The van der Waals surface area contributed by atoms with Gasteiger partial charge in [0, 0.05) is 24.6 Å². The molecule has 0 bridgehead atoms. The standard InChI is InChI=1S/C18H28N2O2.ClH/c1-13-9-14(2)16(15(3)10-13)17(21)20-11-18(12-22-4)5-7-19-8-6-18;/h9-10,19H,5-8,11-12H2,1-4H3,(H,20,21);1H. The molecule has 1 saturated heterocycles. The van der Waals surface area contributed by atoms with Gasteiger partial charge in [-0.1, -0.05) is 17.7 Å². The molecule has 1 fully saturated rings. The Kier molecular flexibility index (Phi) is 7.52. The molecule has 1 aromatic carbocycles. The van der Waals surface area contributed by atoms with Crippen LogP contribution in [0.5, 0.6) is 0 Å². The highest BCUT2D eigenvalue weighted by molar-refractivity contribution is 5.97. The van der Waals surface area contributed by atoms with Crippen LogP contribution in [0.15, 0.2) is 12.1 Å². The quantitative estimate of drug-likeness (QED) is 0.866. The molecule has 0 spiro atoms. The number of piperidine rings is 1. The van der Waals surface area contributed by atoms with Crippen LogP contribution in [0.4, 0.5) is 0 Å². The molecule has 2 rings (SSSR count). The summed E-state index contributed by atoms with van der Waals surface area (Å²) in [6.45, 7) is 9.41. The van der Waals surface area contributed by atoms with Gasteiger partial charge in [0.15, 0.2) is 0 Å². The Hall–Kier alpha value is -1.10. The van der Waals surface area contributed by atoms with E-state index in [1.54, 1.807) is 7.11 Å². The maximum Gasteiger partial charge on any atom is 0.251 e. The molecule has 1 aliphatic rings. The second-order valence-corrected chi connectivity index (χ2v) is 6.64. The van der Waals surface area contributed by atoms with Gasteiger partial charge in [0.2, 0.25) is 0 Å². The van der Waals surface area contributed by atoms with E-state index in [4.69, 9.17) is 4.74 Å². The zero-order valence-corrected chi connectivity index (χ0v) is 15.4. The molecule has 1 aromatic rings. The lowest BCUT2D eigenvalue weighted by Crippen LogP contribution is -2.47. The lowest BCUT2D eigenvalue weighted by atomic mass is 9.79. The number of benzene rings is 1. The number of amides is 1. The van der Waals surface area contributed by atoms with Gasteiger partial charge in [0.25, 0.3) is 5.91 Å². The largest absolute Gasteiger partial charge is 0.384 e. The van der Waals surface area contributed by atoms with E-state index in [0.29, 0.717) is 13.2 Å². The second kappa shape index (κ2) is 8.67. The summed E-state index contributed by atoms with van der Waals surface area (Å²) in [7, 11) is 1.74. The van der Waals surface area contributed by atoms with Crippen molar-refractivity contribution in [1.29, 1.82) is 0 Å². The molecule has 1 aliphatic heterocycles. The summed E-state index contributed by atoms with van der Waals surface area (Å²) in [5.74, 6) is 0.0315. The SMILES string of the molecule is COCC1(CNC(=O)c2c(C)cc(C)cc2C)CCNCC1.Cl. The third-order valence-electron chi connectivity index (χ3n) is 4.64. The highest BCUT2D eigenvalue weighted by Crippen LogP contribution is 2.28. The van der Waals surface area contributed by atoms with Crippen LogP contribution in [0.2, 0.25) is 0 Å². The van der Waals surface area contributed by atoms with Crippen molar-refractivity contribution in [3.05, 3.63) is 34.4 Å². The summed E-state index contributed by atoms with van der Waals surface area (Å²) < 4.78 is 5.41. The molecule has 2 N–H and O–H groups in total. The molecule has 0 aliphatic carbocycles. The van der Waals surface area contributed by atoms with Gasteiger partial charge in [0.1, 0.15) is 0 Å². The van der Waals surface area contributed by atoms with E-state index >= 15 is 0 Å². The van der Waals surface area contributed by atoms with Crippen LogP contribution in [0.25, 0.3) is 0 Å². The summed E-state index contributed by atoms with van der Waals surface area (Å²) >= 11 is 0. The lowest BCUT2D eigenvalue weighted by molar-refractivity contribution is 0.0511.